The summed E-state index contributed by atoms with van der Waals surface area (Å²) in [5.41, 5.74) is 3.94. The van der Waals surface area contributed by atoms with Crippen LogP contribution in [-0.2, 0) is 6.54 Å². The average molecular weight is 262 g/mol. The fraction of sp³-hybridized carbons (Fsp3) is 0.625. The minimum absolute atomic E-state index is 0.228. The van der Waals surface area contributed by atoms with E-state index in [9.17, 15) is 5.11 Å². The molecule has 19 heavy (non-hydrogen) atoms. The van der Waals surface area contributed by atoms with Crippen LogP contribution in [0, 0.1) is 6.92 Å². The van der Waals surface area contributed by atoms with Crippen LogP contribution in [0.4, 0.5) is 5.69 Å². The smallest absolute Gasteiger partial charge is 0.0606 e. The monoisotopic (exact) mass is 262 g/mol. The highest BCUT2D eigenvalue weighted by Gasteiger charge is 2.28. The number of benzene rings is 1. The zero-order chi connectivity index (χ0) is 13.8. The zero-order valence-corrected chi connectivity index (χ0v) is 12.3. The van der Waals surface area contributed by atoms with Crippen molar-refractivity contribution in [3.63, 3.8) is 0 Å². The van der Waals surface area contributed by atoms with Gasteiger partial charge in [-0.1, -0.05) is 19.9 Å². The lowest BCUT2D eigenvalue weighted by molar-refractivity contribution is 0.301. The lowest BCUT2D eigenvalue weighted by atomic mass is 10.1. The fourth-order valence-corrected chi connectivity index (χ4v) is 2.39. The molecule has 3 heteroatoms. The number of aryl methyl sites for hydroxylation is 1. The molecule has 0 heterocycles. The molecule has 0 unspecified atom stereocenters. The summed E-state index contributed by atoms with van der Waals surface area (Å²) < 4.78 is 0. The molecule has 1 saturated carbocycles. The van der Waals surface area contributed by atoms with Gasteiger partial charge in [0, 0.05) is 30.9 Å². The van der Waals surface area contributed by atoms with Crippen LogP contribution in [0.2, 0.25) is 0 Å². The summed E-state index contributed by atoms with van der Waals surface area (Å²) in [6, 6.07) is 7.82. The number of hydrogen-bond donors (Lipinski definition) is 2. The zero-order valence-electron chi connectivity index (χ0n) is 12.3. The third-order valence-corrected chi connectivity index (χ3v) is 3.69. The van der Waals surface area contributed by atoms with Gasteiger partial charge >= 0.3 is 0 Å². The van der Waals surface area contributed by atoms with Gasteiger partial charge in [0.2, 0.25) is 0 Å². The largest absolute Gasteiger partial charge is 0.395 e. The summed E-state index contributed by atoms with van der Waals surface area (Å²) in [7, 11) is 0. The van der Waals surface area contributed by atoms with Crippen LogP contribution in [0.3, 0.4) is 0 Å². The van der Waals surface area contributed by atoms with E-state index in [-0.39, 0.29) is 6.61 Å². The predicted octanol–water partition coefficient (Wildman–Crippen LogP) is 2.45. The van der Waals surface area contributed by atoms with Crippen molar-refractivity contribution in [1.82, 2.24) is 5.32 Å². The van der Waals surface area contributed by atoms with Gasteiger partial charge < -0.3 is 15.3 Å². The molecule has 0 spiro atoms. The van der Waals surface area contributed by atoms with E-state index in [0.717, 1.165) is 13.1 Å². The minimum atomic E-state index is 0.228. The summed E-state index contributed by atoms with van der Waals surface area (Å²) in [6.45, 7) is 8.40. The molecule has 106 valence electrons. The van der Waals surface area contributed by atoms with Crippen molar-refractivity contribution in [3.8, 4) is 0 Å². The Morgan fingerprint density at radius 3 is 2.63 bits per heavy atom. The van der Waals surface area contributed by atoms with Gasteiger partial charge in [0.15, 0.2) is 0 Å². The van der Waals surface area contributed by atoms with Gasteiger partial charge in [0.05, 0.1) is 6.61 Å². The van der Waals surface area contributed by atoms with Crippen molar-refractivity contribution < 1.29 is 5.11 Å². The van der Waals surface area contributed by atoms with Crippen molar-refractivity contribution in [3.05, 3.63) is 29.3 Å². The standard InChI is InChI=1S/C16H26N2O/c1-12(2)17-11-14-4-5-16(10-13(14)3)18(8-9-19)15-6-7-15/h4-5,10,12,15,17,19H,6-9,11H2,1-3H3. The molecule has 0 bridgehead atoms. The average Bonchev–Trinajstić information content (AvgIpc) is 3.18. The Balaban J connectivity index is 2.08. The number of aliphatic hydroxyl groups is 1. The van der Waals surface area contributed by atoms with Gasteiger partial charge in [0.1, 0.15) is 0 Å². The highest BCUT2D eigenvalue weighted by Crippen LogP contribution is 2.32. The van der Waals surface area contributed by atoms with E-state index >= 15 is 0 Å². The lowest BCUT2D eigenvalue weighted by Crippen LogP contribution is -2.29. The number of rotatable bonds is 7. The second-order valence-electron chi connectivity index (χ2n) is 5.79. The molecule has 0 aliphatic heterocycles. The van der Waals surface area contributed by atoms with Crippen LogP contribution >= 0.6 is 0 Å². The van der Waals surface area contributed by atoms with Gasteiger partial charge in [-0.25, -0.2) is 0 Å². The van der Waals surface area contributed by atoms with Crippen molar-refractivity contribution in [2.75, 3.05) is 18.1 Å². The highest BCUT2D eigenvalue weighted by atomic mass is 16.3. The summed E-state index contributed by atoms with van der Waals surface area (Å²) >= 11 is 0. The number of nitrogens with one attached hydrogen (secondary N) is 1. The lowest BCUT2D eigenvalue weighted by Gasteiger charge is -2.25. The first-order valence-electron chi connectivity index (χ1n) is 7.32. The molecule has 1 fully saturated rings. The summed E-state index contributed by atoms with van der Waals surface area (Å²) in [5.74, 6) is 0. The van der Waals surface area contributed by atoms with Crippen LogP contribution in [0.15, 0.2) is 18.2 Å². The maximum atomic E-state index is 9.19. The first-order valence-corrected chi connectivity index (χ1v) is 7.32. The van der Waals surface area contributed by atoms with E-state index < -0.39 is 0 Å². The Morgan fingerprint density at radius 1 is 1.37 bits per heavy atom. The first-order chi connectivity index (χ1) is 9.11. The molecule has 3 nitrogen and oxygen atoms in total. The fourth-order valence-electron chi connectivity index (χ4n) is 2.39. The van der Waals surface area contributed by atoms with Crippen molar-refractivity contribution in [2.45, 2.75) is 52.2 Å². The van der Waals surface area contributed by atoms with E-state index in [1.54, 1.807) is 0 Å². The van der Waals surface area contributed by atoms with Crippen LogP contribution in [0.25, 0.3) is 0 Å². The maximum absolute atomic E-state index is 9.19. The van der Waals surface area contributed by atoms with E-state index in [1.165, 1.54) is 29.7 Å². The molecule has 2 rings (SSSR count). The van der Waals surface area contributed by atoms with E-state index in [2.05, 4.69) is 49.2 Å². The molecule has 2 N–H and O–H groups in total. The maximum Gasteiger partial charge on any atom is 0.0606 e. The molecule has 0 atom stereocenters. The molecule has 0 aromatic heterocycles. The van der Waals surface area contributed by atoms with Crippen LogP contribution in [0.1, 0.15) is 37.8 Å². The Bertz CT molecular complexity index is 413. The predicted molar refractivity (Wildman–Crippen MR) is 80.6 cm³/mol. The minimum Gasteiger partial charge on any atom is -0.395 e. The third kappa shape index (κ3) is 3.95. The van der Waals surface area contributed by atoms with Gasteiger partial charge in [0.25, 0.3) is 0 Å². The van der Waals surface area contributed by atoms with Crippen LogP contribution < -0.4 is 10.2 Å². The quantitative estimate of drug-likeness (QED) is 0.792. The first kappa shape index (κ1) is 14.4. The molecule has 0 saturated heterocycles. The Hall–Kier alpha value is -1.06. The van der Waals surface area contributed by atoms with Crippen molar-refractivity contribution >= 4 is 5.69 Å². The van der Waals surface area contributed by atoms with Gasteiger partial charge in [-0.05, 0) is 43.0 Å². The number of aliphatic hydroxyl groups excluding tert-OH is 1. The Kier molecular flexibility index (Phi) is 4.83. The summed E-state index contributed by atoms with van der Waals surface area (Å²) in [6.07, 6.45) is 2.52. The van der Waals surface area contributed by atoms with Crippen molar-refractivity contribution in [1.29, 1.82) is 0 Å². The molecule has 1 aromatic carbocycles. The molecule has 1 aliphatic carbocycles. The number of anilines is 1. The summed E-state index contributed by atoms with van der Waals surface area (Å²) in [5, 5.41) is 12.7. The van der Waals surface area contributed by atoms with Crippen LogP contribution in [-0.4, -0.2) is 30.3 Å². The van der Waals surface area contributed by atoms with Crippen molar-refractivity contribution in [2.24, 2.45) is 0 Å². The van der Waals surface area contributed by atoms with E-state index in [4.69, 9.17) is 0 Å². The molecule has 0 radical (unpaired) electrons. The molecule has 0 amide bonds. The SMILES string of the molecule is Cc1cc(N(CCO)C2CC2)ccc1CNC(C)C. The van der Waals surface area contributed by atoms with Gasteiger partial charge in [-0.2, -0.15) is 0 Å². The van der Waals surface area contributed by atoms with E-state index in [1.807, 2.05) is 0 Å². The molecular weight excluding hydrogens is 236 g/mol. The van der Waals surface area contributed by atoms with Gasteiger partial charge in [-0.15, -0.1) is 0 Å². The molecule has 1 aliphatic rings. The molecular formula is C16H26N2O. The Labute approximate surface area is 116 Å². The second-order valence-corrected chi connectivity index (χ2v) is 5.79. The van der Waals surface area contributed by atoms with E-state index in [0.29, 0.717) is 12.1 Å². The normalized spacial score (nSPS) is 15.0. The summed E-state index contributed by atoms with van der Waals surface area (Å²) in [4.78, 5) is 2.34. The third-order valence-electron chi connectivity index (χ3n) is 3.69. The number of nitrogens with zero attached hydrogens (tertiary/aromatic N) is 1. The Morgan fingerprint density at radius 2 is 2.11 bits per heavy atom. The topological polar surface area (TPSA) is 35.5 Å². The van der Waals surface area contributed by atoms with Gasteiger partial charge in [-0.3, -0.25) is 0 Å². The number of hydrogen-bond acceptors (Lipinski definition) is 3. The highest BCUT2D eigenvalue weighted by molar-refractivity contribution is 5.52. The molecule has 1 aromatic rings. The van der Waals surface area contributed by atoms with Crippen LogP contribution in [0.5, 0.6) is 0 Å². The second kappa shape index (κ2) is 6.40.